The first kappa shape index (κ1) is 11.2. The van der Waals surface area contributed by atoms with Crippen molar-refractivity contribution in [2.75, 3.05) is 0 Å². The SMILES string of the molecule is C/C=C(\I=O)C(C(=O)O)C(=O)O. The van der Waals surface area contributed by atoms with Gasteiger partial charge in [-0.15, -0.1) is 0 Å². The van der Waals surface area contributed by atoms with E-state index in [9.17, 15) is 12.7 Å². The lowest BCUT2D eigenvalue weighted by molar-refractivity contribution is -0.152. The first-order chi connectivity index (χ1) is 5.54. The molecular formula is C6H7IO5. The van der Waals surface area contributed by atoms with Gasteiger partial charge < -0.3 is 10.2 Å². The van der Waals surface area contributed by atoms with Gasteiger partial charge in [-0.25, -0.2) is 0 Å². The van der Waals surface area contributed by atoms with E-state index in [4.69, 9.17) is 10.2 Å². The Balaban J connectivity index is 4.85. The predicted molar refractivity (Wildman–Crippen MR) is 47.2 cm³/mol. The molecule has 0 unspecified atom stereocenters. The molecule has 2 N–H and O–H groups in total. The maximum Gasteiger partial charge on any atom is 0.323 e. The number of halogens is 1. The first-order valence-corrected chi connectivity index (χ1v) is 4.89. The van der Waals surface area contributed by atoms with Crippen LogP contribution in [0.4, 0.5) is 0 Å². The van der Waals surface area contributed by atoms with Gasteiger partial charge in [-0.05, 0) is 6.92 Å². The number of allylic oxidation sites excluding steroid dienone is 1. The highest BCUT2D eigenvalue weighted by atomic mass is 127. The Bertz CT molecular complexity index is 230. The molecule has 0 fully saturated rings. The third-order valence-corrected chi connectivity index (χ3v) is 2.89. The van der Waals surface area contributed by atoms with E-state index in [1.807, 2.05) is 0 Å². The minimum atomic E-state index is -1.72. The molecule has 0 aromatic heterocycles. The zero-order valence-corrected chi connectivity index (χ0v) is 8.31. The number of carboxylic acids is 2. The average molecular weight is 286 g/mol. The van der Waals surface area contributed by atoms with E-state index in [0.717, 1.165) is 0 Å². The van der Waals surface area contributed by atoms with Gasteiger partial charge in [0.05, 0.1) is 0 Å². The van der Waals surface area contributed by atoms with E-state index in [0.29, 0.717) is 0 Å². The Morgan fingerprint density at radius 1 is 1.33 bits per heavy atom. The number of hydrogen-bond acceptors (Lipinski definition) is 3. The number of carbonyl (C=O) groups is 2. The second-order valence-electron chi connectivity index (χ2n) is 1.86. The van der Waals surface area contributed by atoms with E-state index < -0.39 is 39.0 Å². The molecule has 68 valence electrons. The highest BCUT2D eigenvalue weighted by molar-refractivity contribution is 14.2. The van der Waals surface area contributed by atoms with Crippen LogP contribution in [-0.2, 0) is 12.7 Å². The highest BCUT2D eigenvalue weighted by Crippen LogP contribution is 2.23. The molecule has 0 saturated carbocycles. The molecule has 0 aliphatic rings. The summed E-state index contributed by atoms with van der Waals surface area (Å²) in [5.74, 6) is -4.61. The van der Waals surface area contributed by atoms with E-state index in [2.05, 4.69) is 0 Å². The molecule has 0 saturated heterocycles. The van der Waals surface area contributed by atoms with Crippen LogP contribution in [0.1, 0.15) is 6.92 Å². The Labute approximate surface area is 78.7 Å². The molecule has 0 amide bonds. The molecule has 0 aliphatic heterocycles. The van der Waals surface area contributed by atoms with Crippen molar-refractivity contribution in [1.82, 2.24) is 0 Å². The first-order valence-electron chi connectivity index (χ1n) is 2.93. The Morgan fingerprint density at radius 3 is 1.83 bits per heavy atom. The Kier molecular flexibility index (Phi) is 4.64. The van der Waals surface area contributed by atoms with E-state index >= 15 is 0 Å². The van der Waals surface area contributed by atoms with Gasteiger partial charge in [-0.1, -0.05) is 6.08 Å². The second kappa shape index (κ2) is 4.96. The van der Waals surface area contributed by atoms with E-state index in [1.54, 1.807) is 0 Å². The summed E-state index contributed by atoms with van der Waals surface area (Å²) in [7, 11) is 0. The van der Waals surface area contributed by atoms with Gasteiger partial charge >= 0.3 is 11.9 Å². The summed E-state index contributed by atoms with van der Waals surface area (Å²) in [4.78, 5) is 20.7. The predicted octanol–water partition coefficient (Wildman–Crippen LogP) is 0.992. The van der Waals surface area contributed by atoms with Crippen LogP contribution in [0.5, 0.6) is 0 Å². The molecule has 0 rings (SSSR count). The van der Waals surface area contributed by atoms with Crippen molar-refractivity contribution < 1.29 is 22.9 Å². The fourth-order valence-corrected chi connectivity index (χ4v) is 1.64. The van der Waals surface area contributed by atoms with Gasteiger partial charge in [-0.2, -0.15) is 0 Å². The van der Waals surface area contributed by atoms with Gasteiger partial charge in [0, 0.05) is 3.58 Å². The Morgan fingerprint density at radius 2 is 1.75 bits per heavy atom. The average Bonchev–Trinajstić information content (AvgIpc) is 1.98. The number of carboxylic acid groups (broad SMARTS) is 2. The van der Waals surface area contributed by atoms with Crippen LogP contribution in [0, 0.1) is 5.92 Å². The maximum absolute atomic E-state index is 10.4. The lowest BCUT2D eigenvalue weighted by Gasteiger charge is -2.03. The molecular weight excluding hydrogens is 279 g/mol. The van der Waals surface area contributed by atoms with Crippen molar-refractivity contribution in [3.05, 3.63) is 9.66 Å². The van der Waals surface area contributed by atoms with Gasteiger partial charge in [-0.3, -0.25) is 12.7 Å². The van der Waals surface area contributed by atoms with Gasteiger partial charge in [0.25, 0.3) is 0 Å². The fourth-order valence-electron chi connectivity index (χ4n) is 0.597. The molecule has 12 heavy (non-hydrogen) atoms. The summed E-state index contributed by atoms with van der Waals surface area (Å²) in [6.45, 7) is 1.46. The van der Waals surface area contributed by atoms with Crippen LogP contribution in [-0.4, -0.2) is 22.2 Å². The molecule has 0 atom stereocenters. The van der Waals surface area contributed by atoms with Crippen molar-refractivity contribution >= 4 is 33.1 Å². The van der Waals surface area contributed by atoms with Crippen molar-refractivity contribution in [1.29, 1.82) is 0 Å². The summed E-state index contributed by atoms with van der Waals surface area (Å²) in [6.07, 6.45) is 1.27. The van der Waals surface area contributed by atoms with Gasteiger partial charge in [0.2, 0.25) is 0 Å². The fraction of sp³-hybridized carbons (Fsp3) is 0.333. The topological polar surface area (TPSA) is 91.7 Å². The zero-order chi connectivity index (χ0) is 9.72. The van der Waals surface area contributed by atoms with E-state index in [1.165, 1.54) is 13.0 Å². The van der Waals surface area contributed by atoms with Crippen LogP contribution < -0.4 is 0 Å². The summed E-state index contributed by atoms with van der Waals surface area (Å²) in [5.41, 5.74) is 0. The molecule has 0 spiro atoms. The monoisotopic (exact) mass is 286 g/mol. The normalized spacial score (nSPS) is 11.7. The number of rotatable bonds is 4. The molecule has 0 bridgehead atoms. The summed E-state index contributed by atoms with van der Waals surface area (Å²) in [5, 5.41) is 16.9. The third-order valence-electron chi connectivity index (χ3n) is 1.13. The molecule has 0 radical (unpaired) electrons. The van der Waals surface area contributed by atoms with Crippen molar-refractivity contribution in [3.63, 3.8) is 0 Å². The lowest BCUT2D eigenvalue weighted by atomic mass is 10.1. The van der Waals surface area contributed by atoms with Crippen LogP contribution >= 0.6 is 21.2 Å². The summed E-state index contributed by atoms with van der Waals surface area (Å²) >= 11 is -1.72. The van der Waals surface area contributed by atoms with E-state index in [-0.39, 0.29) is 3.58 Å². The van der Waals surface area contributed by atoms with Crippen LogP contribution in [0.25, 0.3) is 0 Å². The molecule has 0 aliphatic carbocycles. The maximum atomic E-state index is 10.4. The van der Waals surface area contributed by atoms with Gasteiger partial charge in [0.15, 0.2) is 27.1 Å². The standard InChI is InChI=1S/C6H7IO5/c1-2-3(7-12)4(5(8)9)6(10)11/h2,4H,1H3,(H,8,9)(H,10,11)/b3-2-. The molecule has 6 heteroatoms. The Hall–Kier alpha value is -0.790. The third kappa shape index (κ3) is 2.68. The number of hydrogen-bond donors (Lipinski definition) is 2. The van der Waals surface area contributed by atoms with Gasteiger partial charge in [0.1, 0.15) is 0 Å². The van der Waals surface area contributed by atoms with Crippen molar-refractivity contribution in [3.8, 4) is 0 Å². The highest BCUT2D eigenvalue weighted by Gasteiger charge is 2.29. The molecule has 0 heterocycles. The second-order valence-corrected chi connectivity index (χ2v) is 3.55. The largest absolute Gasteiger partial charge is 0.480 e. The van der Waals surface area contributed by atoms with Crippen LogP contribution in [0.3, 0.4) is 0 Å². The van der Waals surface area contributed by atoms with Crippen LogP contribution in [0.2, 0.25) is 0 Å². The van der Waals surface area contributed by atoms with Crippen molar-refractivity contribution in [2.24, 2.45) is 5.92 Å². The molecule has 5 nitrogen and oxygen atoms in total. The van der Waals surface area contributed by atoms with Crippen LogP contribution in [0.15, 0.2) is 9.66 Å². The minimum absolute atomic E-state index is 0.0196. The quantitative estimate of drug-likeness (QED) is 0.594. The lowest BCUT2D eigenvalue weighted by Crippen LogP contribution is -2.23. The minimum Gasteiger partial charge on any atom is -0.480 e. The smallest absolute Gasteiger partial charge is 0.323 e. The molecule has 0 aromatic carbocycles. The zero-order valence-electron chi connectivity index (χ0n) is 6.15. The summed E-state index contributed by atoms with van der Waals surface area (Å²) in [6, 6.07) is 0. The van der Waals surface area contributed by atoms with Crippen molar-refractivity contribution in [2.45, 2.75) is 6.92 Å². The number of aliphatic carboxylic acids is 2. The molecule has 0 aromatic rings. The summed E-state index contributed by atoms with van der Waals surface area (Å²) < 4.78 is 10.4.